The number of anilines is 1. The van der Waals surface area contributed by atoms with Crippen molar-refractivity contribution in [2.24, 2.45) is 0 Å². The van der Waals surface area contributed by atoms with E-state index >= 15 is 0 Å². The molecule has 2 aromatic rings. The molecule has 2 aromatic carbocycles. The molecule has 0 aliphatic heterocycles. The second kappa shape index (κ2) is 9.80. The maximum atomic E-state index is 12.6. The first-order valence-corrected chi connectivity index (χ1v) is 11.6. The third kappa shape index (κ3) is 5.63. The van der Waals surface area contributed by atoms with Gasteiger partial charge in [0.25, 0.3) is 10.0 Å². The van der Waals surface area contributed by atoms with Gasteiger partial charge >= 0.3 is 0 Å². The van der Waals surface area contributed by atoms with Gasteiger partial charge in [0.05, 0.1) is 12.0 Å². The Bertz CT molecular complexity index is 977. The van der Waals surface area contributed by atoms with Crippen molar-refractivity contribution in [2.75, 3.05) is 18.9 Å². The quantitative estimate of drug-likeness (QED) is 0.667. The normalized spacial score (nSPS) is 15.1. The minimum Gasteiger partial charge on any atom is -0.497 e. The summed E-state index contributed by atoms with van der Waals surface area (Å²) in [5.41, 5.74) is 1.22. The molecule has 1 N–H and O–H groups in total. The van der Waals surface area contributed by atoms with Crippen LogP contribution in [-0.2, 0) is 14.8 Å². The van der Waals surface area contributed by atoms with Gasteiger partial charge in [-0.1, -0.05) is 31.4 Å². The molecule has 0 aromatic heterocycles. The lowest BCUT2D eigenvalue weighted by atomic mass is 9.94. The van der Waals surface area contributed by atoms with Gasteiger partial charge in [-0.15, -0.1) is 0 Å². The van der Waals surface area contributed by atoms with Gasteiger partial charge in [-0.05, 0) is 60.9 Å². The molecule has 0 spiro atoms. The summed E-state index contributed by atoms with van der Waals surface area (Å²) in [7, 11) is -0.296. The van der Waals surface area contributed by atoms with Crippen LogP contribution in [0.2, 0.25) is 0 Å². The molecule has 0 unspecified atom stereocenters. The van der Waals surface area contributed by atoms with Crippen molar-refractivity contribution in [2.45, 2.75) is 43.0 Å². The third-order valence-electron chi connectivity index (χ3n) is 5.42. The fourth-order valence-corrected chi connectivity index (χ4v) is 4.62. The summed E-state index contributed by atoms with van der Waals surface area (Å²) in [5, 5.41) is 0. The summed E-state index contributed by atoms with van der Waals surface area (Å²) in [5.74, 6) is 0.623. The first-order valence-electron chi connectivity index (χ1n) is 10.1. The molecule has 1 aliphatic carbocycles. The molecule has 7 heteroatoms. The minimum absolute atomic E-state index is 0.0280. The molecule has 1 saturated carbocycles. The number of amides is 1. The van der Waals surface area contributed by atoms with Crippen LogP contribution in [0.15, 0.2) is 59.5 Å². The van der Waals surface area contributed by atoms with Crippen molar-refractivity contribution < 1.29 is 17.9 Å². The molecule has 1 aliphatic rings. The lowest BCUT2D eigenvalue weighted by molar-refractivity contribution is -0.127. The summed E-state index contributed by atoms with van der Waals surface area (Å²) in [6, 6.07) is 13.4. The maximum Gasteiger partial charge on any atom is 0.261 e. The van der Waals surface area contributed by atoms with Crippen LogP contribution >= 0.6 is 0 Å². The Morgan fingerprint density at radius 3 is 2.27 bits per heavy atom. The smallest absolute Gasteiger partial charge is 0.261 e. The molecule has 1 fully saturated rings. The number of nitrogens with zero attached hydrogens (tertiary/aromatic N) is 1. The standard InChI is InChI=1S/C23H28N2O4S/c1-25(20-6-4-3-5-7-20)23(26)17-10-18-8-15-22(16-9-18)30(27,28)24-19-11-13-21(29-2)14-12-19/h8-17,20,24H,3-7H2,1-2H3. The molecular weight excluding hydrogens is 400 g/mol. The van der Waals surface area contributed by atoms with Crippen molar-refractivity contribution in [1.29, 1.82) is 0 Å². The average Bonchev–Trinajstić information content (AvgIpc) is 2.78. The van der Waals surface area contributed by atoms with Crippen molar-refractivity contribution in [1.82, 2.24) is 4.90 Å². The Labute approximate surface area is 178 Å². The molecule has 0 heterocycles. The number of carbonyl (C=O) groups is 1. The second-order valence-electron chi connectivity index (χ2n) is 7.48. The molecule has 0 saturated heterocycles. The molecule has 6 nitrogen and oxygen atoms in total. The first-order chi connectivity index (χ1) is 14.4. The average molecular weight is 429 g/mol. The Kier molecular flexibility index (Phi) is 7.15. The minimum atomic E-state index is -3.70. The van der Waals surface area contributed by atoms with Crippen LogP contribution in [0.1, 0.15) is 37.7 Å². The first kappa shape index (κ1) is 21.9. The van der Waals surface area contributed by atoms with Gasteiger partial charge in [0.2, 0.25) is 5.91 Å². The number of hydrogen-bond donors (Lipinski definition) is 1. The highest BCUT2D eigenvalue weighted by molar-refractivity contribution is 7.92. The van der Waals surface area contributed by atoms with Crippen LogP contribution in [0.3, 0.4) is 0 Å². The Balaban J connectivity index is 1.63. The largest absolute Gasteiger partial charge is 0.497 e. The zero-order valence-corrected chi connectivity index (χ0v) is 18.2. The van der Waals surface area contributed by atoms with Crippen molar-refractivity contribution in [3.63, 3.8) is 0 Å². The number of benzene rings is 2. The number of methoxy groups -OCH3 is 1. The third-order valence-corrected chi connectivity index (χ3v) is 6.82. The van der Waals surface area contributed by atoms with E-state index in [4.69, 9.17) is 4.74 Å². The number of rotatable bonds is 7. The van der Waals surface area contributed by atoms with Crippen LogP contribution in [0.5, 0.6) is 5.75 Å². The number of likely N-dealkylation sites (N-methyl/N-ethyl adjacent to an activating group) is 1. The predicted octanol–water partition coefficient (Wildman–Crippen LogP) is 4.30. The molecule has 0 radical (unpaired) electrons. The highest BCUT2D eigenvalue weighted by Crippen LogP contribution is 2.22. The van der Waals surface area contributed by atoms with E-state index in [-0.39, 0.29) is 10.8 Å². The number of hydrogen-bond acceptors (Lipinski definition) is 4. The van der Waals surface area contributed by atoms with Crippen LogP contribution < -0.4 is 9.46 Å². The molecule has 160 valence electrons. The highest BCUT2D eigenvalue weighted by atomic mass is 32.2. The van der Waals surface area contributed by atoms with E-state index in [1.807, 2.05) is 11.9 Å². The van der Waals surface area contributed by atoms with Gasteiger partial charge in [0.15, 0.2) is 0 Å². The number of nitrogens with one attached hydrogen (secondary N) is 1. The topological polar surface area (TPSA) is 75.7 Å². The van der Waals surface area contributed by atoms with Gasteiger partial charge in [-0.3, -0.25) is 9.52 Å². The molecular formula is C23H28N2O4S. The maximum absolute atomic E-state index is 12.6. The lowest BCUT2D eigenvalue weighted by Gasteiger charge is -2.30. The predicted molar refractivity (Wildman–Crippen MR) is 119 cm³/mol. The zero-order chi connectivity index (χ0) is 21.6. The Hall–Kier alpha value is -2.80. The van der Waals surface area contributed by atoms with Crippen molar-refractivity contribution in [3.05, 3.63) is 60.2 Å². The van der Waals surface area contributed by atoms with Gasteiger partial charge < -0.3 is 9.64 Å². The number of carbonyl (C=O) groups excluding carboxylic acids is 1. The second-order valence-corrected chi connectivity index (χ2v) is 9.16. The number of ether oxygens (including phenoxy) is 1. The van der Waals surface area contributed by atoms with E-state index in [2.05, 4.69) is 4.72 Å². The SMILES string of the molecule is COc1ccc(NS(=O)(=O)c2ccc(C=CC(=O)N(C)C3CCCCC3)cc2)cc1. The van der Waals surface area contributed by atoms with Crippen LogP contribution in [0.25, 0.3) is 6.08 Å². The molecule has 3 rings (SSSR count). The van der Waals surface area contributed by atoms with E-state index in [1.165, 1.54) is 31.4 Å². The monoisotopic (exact) mass is 428 g/mol. The highest BCUT2D eigenvalue weighted by Gasteiger charge is 2.20. The van der Waals surface area contributed by atoms with E-state index in [0.29, 0.717) is 17.5 Å². The Morgan fingerprint density at radius 2 is 1.67 bits per heavy atom. The van der Waals surface area contributed by atoms with E-state index in [9.17, 15) is 13.2 Å². The summed E-state index contributed by atoms with van der Waals surface area (Å²) < 4.78 is 32.8. The molecule has 1 amide bonds. The van der Waals surface area contributed by atoms with E-state index in [1.54, 1.807) is 55.7 Å². The van der Waals surface area contributed by atoms with Crippen molar-refractivity contribution in [3.8, 4) is 5.75 Å². The van der Waals surface area contributed by atoms with Crippen LogP contribution in [0, 0.1) is 0 Å². The summed E-state index contributed by atoms with van der Waals surface area (Å²) in [4.78, 5) is 14.4. The molecule has 0 bridgehead atoms. The van der Waals surface area contributed by atoms with Crippen LogP contribution in [0.4, 0.5) is 5.69 Å². The zero-order valence-electron chi connectivity index (χ0n) is 17.4. The van der Waals surface area contributed by atoms with Gasteiger partial charge in [-0.2, -0.15) is 0 Å². The summed E-state index contributed by atoms with van der Waals surface area (Å²) in [6.07, 6.45) is 8.98. The van der Waals surface area contributed by atoms with Gasteiger partial charge in [-0.25, -0.2) is 8.42 Å². The number of sulfonamides is 1. The van der Waals surface area contributed by atoms with Gasteiger partial charge in [0, 0.05) is 24.9 Å². The summed E-state index contributed by atoms with van der Waals surface area (Å²) in [6.45, 7) is 0. The van der Waals surface area contributed by atoms with Crippen LogP contribution in [-0.4, -0.2) is 39.4 Å². The van der Waals surface area contributed by atoms with Crippen molar-refractivity contribution >= 4 is 27.7 Å². The van der Waals surface area contributed by atoms with E-state index < -0.39 is 10.0 Å². The summed E-state index contributed by atoms with van der Waals surface area (Å²) >= 11 is 0. The fraction of sp³-hybridized carbons (Fsp3) is 0.348. The Morgan fingerprint density at radius 1 is 1.03 bits per heavy atom. The fourth-order valence-electron chi connectivity index (χ4n) is 3.56. The van der Waals surface area contributed by atoms with E-state index in [0.717, 1.165) is 18.4 Å². The molecule has 30 heavy (non-hydrogen) atoms. The molecule has 0 atom stereocenters. The lowest BCUT2D eigenvalue weighted by Crippen LogP contribution is -2.37. The van der Waals surface area contributed by atoms with Gasteiger partial charge in [0.1, 0.15) is 5.75 Å².